The summed E-state index contributed by atoms with van der Waals surface area (Å²) in [7, 11) is 0. The van der Waals surface area contributed by atoms with Crippen LogP contribution in [0.25, 0.3) is 10.9 Å². The Morgan fingerprint density at radius 3 is 2.55 bits per heavy atom. The summed E-state index contributed by atoms with van der Waals surface area (Å²) in [5, 5.41) is 13.2. The molecule has 33 heavy (non-hydrogen) atoms. The van der Waals surface area contributed by atoms with Gasteiger partial charge in [0.15, 0.2) is 17.3 Å². The Bertz CT molecular complexity index is 1340. The van der Waals surface area contributed by atoms with E-state index in [-0.39, 0.29) is 17.9 Å². The van der Waals surface area contributed by atoms with Gasteiger partial charge in [0.25, 0.3) is 5.56 Å². The molecule has 1 aliphatic heterocycles. The number of fused-ring (bicyclic) bond motifs is 2. The summed E-state index contributed by atoms with van der Waals surface area (Å²) in [6, 6.07) is 15.8. The largest absolute Gasteiger partial charge is 0.454 e. The minimum atomic E-state index is -0.250. The van der Waals surface area contributed by atoms with Crippen molar-refractivity contribution in [1.29, 1.82) is 0 Å². The number of H-pyrrole nitrogens is 1. The van der Waals surface area contributed by atoms with Gasteiger partial charge in [0.1, 0.15) is 0 Å². The van der Waals surface area contributed by atoms with Crippen molar-refractivity contribution in [3.05, 3.63) is 75.8 Å². The van der Waals surface area contributed by atoms with Crippen molar-refractivity contribution in [3.63, 3.8) is 0 Å². The van der Waals surface area contributed by atoms with Gasteiger partial charge >= 0.3 is 0 Å². The highest BCUT2D eigenvalue weighted by Gasteiger charge is 2.22. The van der Waals surface area contributed by atoms with Crippen molar-refractivity contribution in [1.82, 2.24) is 30.1 Å². The van der Waals surface area contributed by atoms with E-state index in [0.29, 0.717) is 36.7 Å². The van der Waals surface area contributed by atoms with Crippen LogP contribution in [0.5, 0.6) is 11.5 Å². The van der Waals surface area contributed by atoms with Crippen LogP contribution in [-0.2, 0) is 25.2 Å². The molecule has 170 valence electrons. The molecule has 5 rings (SSSR count). The lowest BCUT2D eigenvalue weighted by Gasteiger charge is -2.25. The molecule has 9 nitrogen and oxygen atoms in total. The number of pyridine rings is 1. The van der Waals surface area contributed by atoms with Crippen molar-refractivity contribution in [2.24, 2.45) is 0 Å². The molecule has 2 aromatic heterocycles. The molecule has 0 fully saturated rings. The van der Waals surface area contributed by atoms with Crippen LogP contribution in [0.3, 0.4) is 0 Å². The van der Waals surface area contributed by atoms with Gasteiger partial charge in [0, 0.05) is 30.1 Å². The molecule has 0 saturated carbocycles. The average molecular weight is 447 g/mol. The van der Waals surface area contributed by atoms with Crippen LogP contribution in [0.15, 0.2) is 53.3 Å². The Morgan fingerprint density at radius 1 is 1.03 bits per heavy atom. The van der Waals surface area contributed by atoms with E-state index in [4.69, 9.17) is 9.47 Å². The number of rotatable bonds is 6. The molecule has 2 aromatic carbocycles. The van der Waals surface area contributed by atoms with Crippen LogP contribution in [-0.4, -0.2) is 36.9 Å². The highest BCUT2D eigenvalue weighted by Crippen LogP contribution is 2.35. The first-order chi connectivity index (χ1) is 15.9. The minimum Gasteiger partial charge on any atom is -0.454 e. The molecule has 0 unspecified atom stereocenters. The molecule has 0 atom stereocenters. The maximum atomic E-state index is 13.0. The van der Waals surface area contributed by atoms with E-state index >= 15 is 0 Å². The summed E-state index contributed by atoms with van der Waals surface area (Å²) in [5.74, 6) is 2.08. The van der Waals surface area contributed by atoms with Crippen LogP contribution in [0.1, 0.15) is 37.7 Å². The zero-order valence-corrected chi connectivity index (χ0v) is 18.9. The van der Waals surface area contributed by atoms with Crippen molar-refractivity contribution in [3.8, 4) is 11.5 Å². The first-order valence-electron chi connectivity index (χ1n) is 10.9. The highest BCUT2D eigenvalue weighted by atomic mass is 16.7. The number of nitrogens with one attached hydrogen (secondary N) is 1. The molecule has 0 bridgehead atoms. The second kappa shape index (κ2) is 8.32. The van der Waals surface area contributed by atoms with Gasteiger partial charge in [0.05, 0.1) is 17.6 Å². The number of nitrogens with zero attached hydrogens (tertiary/aromatic N) is 5. The third kappa shape index (κ3) is 4.45. The van der Waals surface area contributed by atoms with E-state index in [2.05, 4.69) is 58.3 Å². The molecule has 0 spiro atoms. The average Bonchev–Trinajstić information content (AvgIpc) is 3.42. The number of hydrogen-bond acceptors (Lipinski definition) is 7. The maximum absolute atomic E-state index is 13.0. The molecule has 0 saturated heterocycles. The van der Waals surface area contributed by atoms with E-state index < -0.39 is 0 Å². The standard InChI is InChI=1S/C24H26N6O3/c1-24(2,3)30-22(26-27-28-30)14-29(12-16-7-5-4-6-8-16)13-18-9-17-10-20-21(33-15-32-20)11-19(17)25-23(18)31/h4-11H,12-15H2,1-3H3,(H,25,31). The van der Waals surface area contributed by atoms with Crippen LogP contribution in [0.2, 0.25) is 0 Å². The predicted octanol–water partition coefficient (Wildman–Crippen LogP) is 3.20. The monoisotopic (exact) mass is 446 g/mol. The van der Waals surface area contributed by atoms with Gasteiger partial charge in [-0.3, -0.25) is 9.69 Å². The number of aromatic nitrogens is 5. The fourth-order valence-corrected chi connectivity index (χ4v) is 4.03. The number of aromatic amines is 1. The van der Waals surface area contributed by atoms with Gasteiger partial charge in [0.2, 0.25) is 6.79 Å². The Balaban J connectivity index is 1.48. The van der Waals surface area contributed by atoms with Crippen LogP contribution in [0, 0.1) is 0 Å². The third-order valence-corrected chi connectivity index (χ3v) is 5.59. The van der Waals surface area contributed by atoms with E-state index in [1.807, 2.05) is 41.1 Å². The summed E-state index contributed by atoms with van der Waals surface area (Å²) in [5.41, 5.74) is 2.15. The zero-order chi connectivity index (χ0) is 23.0. The molecule has 0 amide bonds. The Kier molecular flexibility index (Phi) is 5.33. The molecular weight excluding hydrogens is 420 g/mol. The number of tetrazole rings is 1. The van der Waals surface area contributed by atoms with Crippen LogP contribution < -0.4 is 15.0 Å². The van der Waals surface area contributed by atoms with Gasteiger partial charge in [-0.1, -0.05) is 30.3 Å². The number of hydrogen-bond donors (Lipinski definition) is 1. The van der Waals surface area contributed by atoms with Crippen molar-refractivity contribution < 1.29 is 9.47 Å². The smallest absolute Gasteiger partial charge is 0.252 e. The topological polar surface area (TPSA) is 98.2 Å². The van der Waals surface area contributed by atoms with Crippen molar-refractivity contribution >= 4 is 10.9 Å². The fraction of sp³-hybridized carbons (Fsp3) is 0.333. The summed E-state index contributed by atoms with van der Waals surface area (Å²) in [6.45, 7) is 7.96. The van der Waals surface area contributed by atoms with Gasteiger partial charge in [-0.2, -0.15) is 0 Å². The summed E-state index contributed by atoms with van der Waals surface area (Å²) >= 11 is 0. The Morgan fingerprint density at radius 2 is 1.79 bits per heavy atom. The first-order valence-corrected chi connectivity index (χ1v) is 10.9. The fourth-order valence-electron chi connectivity index (χ4n) is 4.03. The number of benzene rings is 2. The predicted molar refractivity (Wildman–Crippen MR) is 123 cm³/mol. The lowest BCUT2D eigenvalue weighted by atomic mass is 10.1. The first kappa shape index (κ1) is 21.1. The molecule has 9 heteroatoms. The molecule has 1 aliphatic rings. The minimum absolute atomic E-state index is 0.130. The van der Waals surface area contributed by atoms with Crippen LogP contribution >= 0.6 is 0 Å². The molecule has 3 heterocycles. The highest BCUT2D eigenvalue weighted by molar-refractivity contribution is 5.83. The molecule has 1 N–H and O–H groups in total. The van der Waals surface area contributed by atoms with Gasteiger partial charge in [-0.05, 0) is 48.9 Å². The van der Waals surface area contributed by atoms with Gasteiger partial charge in [-0.25, -0.2) is 4.68 Å². The van der Waals surface area contributed by atoms with Crippen molar-refractivity contribution in [2.45, 2.75) is 45.9 Å². The quantitative estimate of drug-likeness (QED) is 0.486. The summed E-state index contributed by atoms with van der Waals surface area (Å²) in [4.78, 5) is 18.1. The third-order valence-electron chi connectivity index (χ3n) is 5.59. The van der Waals surface area contributed by atoms with Gasteiger partial charge < -0.3 is 14.5 Å². The lowest BCUT2D eigenvalue weighted by Crippen LogP contribution is -2.31. The SMILES string of the molecule is CC(C)(C)n1nnnc1CN(Cc1ccccc1)Cc1cc2cc3c(cc2[nH]c1=O)OCO3. The van der Waals surface area contributed by atoms with Gasteiger partial charge in [-0.15, -0.1) is 5.10 Å². The van der Waals surface area contributed by atoms with E-state index in [1.54, 1.807) is 0 Å². The van der Waals surface area contributed by atoms with Crippen LogP contribution in [0.4, 0.5) is 0 Å². The molecule has 0 aliphatic carbocycles. The van der Waals surface area contributed by atoms with E-state index in [1.165, 1.54) is 0 Å². The number of ether oxygens (including phenoxy) is 2. The Labute approximate surface area is 190 Å². The zero-order valence-electron chi connectivity index (χ0n) is 18.9. The molecule has 0 radical (unpaired) electrons. The van der Waals surface area contributed by atoms with Crippen molar-refractivity contribution in [2.75, 3.05) is 6.79 Å². The summed E-state index contributed by atoms with van der Waals surface area (Å²) < 4.78 is 12.8. The summed E-state index contributed by atoms with van der Waals surface area (Å²) in [6.07, 6.45) is 0. The maximum Gasteiger partial charge on any atom is 0.252 e. The molecular formula is C24H26N6O3. The Hall–Kier alpha value is -3.72. The lowest BCUT2D eigenvalue weighted by molar-refractivity contribution is 0.174. The second-order valence-corrected chi connectivity index (χ2v) is 9.22. The normalized spacial score (nSPS) is 13.2. The molecule has 4 aromatic rings. The van der Waals surface area contributed by atoms with E-state index in [9.17, 15) is 4.79 Å². The van der Waals surface area contributed by atoms with E-state index in [0.717, 1.165) is 22.3 Å². The second-order valence-electron chi connectivity index (χ2n) is 9.22.